The first-order chi connectivity index (χ1) is 8.27. The van der Waals surface area contributed by atoms with Crippen molar-refractivity contribution >= 4 is 0 Å². The molecule has 0 bridgehead atoms. The van der Waals surface area contributed by atoms with Gasteiger partial charge in [0.15, 0.2) is 0 Å². The molecule has 2 nitrogen and oxygen atoms in total. The van der Waals surface area contributed by atoms with Gasteiger partial charge in [0.2, 0.25) is 0 Å². The van der Waals surface area contributed by atoms with Crippen LogP contribution < -0.4 is 10.6 Å². The van der Waals surface area contributed by atoms with E-state index in [1.165, 1.54) is 25.3 Å². The van der Waals surface area contributed by atoms with Crippen molar-refractivity contribution in [2.75, 3.05) is 13.1 Å². The second kappa shape index (κ2) is 6.12. The molecule has 1 aromatic rings. The third-order valence-corrected chi connectivity index (χ3v) is 3.45. The van der Waals surface area contributed by atoms with Crippen LogP contribution in [0.25, 0.3) is 0 Å². The summed E-state index contributed by atoms with van der Waals surface area (Å²) >= 11 is 0. The Morgan fingerprint density at radius 2 is 2.24 bits per heavy atom. The lowest BCUT2D eigenvalue weighted by Gasteiger charge is -2.25. The van der Waals surface area contributed by atoms with Crippen LogP contribution >= 0.6 is 0 Å². The Balaban J connectivity index is 1.84. The number of hydrogen-bond donors (Lipinski definition) is 2. The van der Waals surface area contributed by atoms with Crippen molar-refractivity contribution in [2.45, 2.75) is 38.3 Å². The molecule has 3 heteroatoms. The lowest BCUT2D eigenvalue weighted by atomic mass is 10.0. The molecular weight excluding hydrogens is 215 g/mol. The Morgan fingerprint density at radius 1 is 1.41 bits per heavy atom. The quantitative estimate of drug-likeness (QED) is 0.839. The van der Waals surface area contributed by atoms with E-state index in [0.29, 0.717) is 6.04 Å². The molecule has 1 fully saturated rings. The van der Waals surface area contributed by atoms with E-state index in [-0.39, 0.29) is 11.9 Å². The molecule has 2 atom stereocenters. The number of nitrogens with one attached hydrogen (secondary N) is 2. The Bertz CT molecular complexity index is 348. The Hall–Kier alpha value is -0.930. The molecule has 2 N–H and O–H groups in total. The molecule has 0 saturated carbocycles. The molecule has 0 spiro atoms. The molecule has 1 aliphatic heterocycles. The highest BCUT2D eigenvalue weighted by Crippen LogP contribution is 2.16. The van der Waals surface area contributed by atoms with Crippen molar-refractivity contribution < 1.29 is 4.39 Å². The van der Waals surface area contributed by atoms with E-state index in [0.717, 1.165) is 18.7 Å². The molecule has 2 rings (SSSR count). The Morgan fingerprint density at radius 3 is 2.94 bits per heavy atom. The Kier molecular flexibility index (Phi) is 4.51. The minimum absolute atomic E-state index is 0.0694. The van der Waals surface area contributed by atoms with Crippen LogP contribution in [-0.4, -0.2) is 19.1 Å². The molecule has 94 valence electrons. The molecule has 17 heavy (non-hydrogen) atoms. The van der Waals surface area contributed by atoms with Gasteiger partial charge in [0.05, 0.1) is 0 Å². The fourth-order valence-electron chi connectivity index (χ4n) is 2.35. The summed E-state index contributed by atoms with van der Waals surface area (Å²) in [5, 5.41) is 6.89. The third-order valence-electron chi connectivity index (χ3n) is 3.45. The van der Waals surface area contributed by atoms with Gasteiger partial charge in [-0.15, -0.1) is 0 Å². The fraction of sp³-hybridized carbons (Fsp3) is 0.571. The lowest BCUT2D eigenvalue weighted by Crippen LogP contribution is -2.42. The van der Waals surface area contributed by atoms with Gasteiger partial charge >= 0.3 is 0 Å². The number of piperidine rings is 1. The maximum atomic E-state index is 13.5. The van der Waals surface area contributed by atoms with Gasteiger partial charge in [-0.3, -0.25) is 0 Å². The van der Waals surface area contributed by atoms with Gasteiger partial charge in [0.25, 0.3) is 0 Å². The third kappa shape index (κ3) is 3.51. The Labute approximate surface area is 103 Å². The molecule has 1 aromatic carbocycles. The molecular formula is C14H21FN2. The van der Waals surface area contributed by atoms with Gasteiger partial charge in [0.1, 0.15) is 5.82 Å². The number of rotatable bonds is 4. The molecule has 0 amide bonds. The van der Waals surface area contributed by atoms with Crippen molar-refractivity contribution in [1.29, 1.82) is 0 Å². The van der Waals surface area contributed by atoms with E-state index < -0.39 is 0 Å². The van der Waals surface area contributed by atoms with Gasteiger partial charge in [-0.2, -0.15) is 0 Å². The summed E-state index contributed by atoms with van der Waals surface area (Å²) in [5.74, 6) is -0.121. The van der Waals surface area contributed by atoms with E-state index in [2.05, 4.69) is 10.6 Å². The van der Waals surface area contributed by atoms with Crippen molar-refractivity contribution in [2.24, 2.45) is 0 Å². The summed E-state index contributed by atoms with van der Waals surface area (Å²) in [6.07, 6.45) is 3.80. The normalized spacial score (nSPS) is 22.4. The van der Waals surface area contributed by atoms with E-state index in [1.54, 1.807) is 6.07 Å². The lowest BCUT2D eigenvalue weighted by molar-refractivity contribution is 0.369. The van der Waals surface area contributed by atoms with Gasteiger partial charge in [0, 0.05) is 24.2 Å². The summed E-state index contributed by atoms with van der Waals surface area (Å²) in [6, 6.07) is 7.59. The standard InChI is InChI=1S/C14H21FN2/c1-11(13-7-2-3-8-14(13)15)17-10-12-6-4-5-9-16-12/h2-3,7-8,11-12,16-17H,4-6,9-10H2,1H3/t11-,12?/m1/s1. The van der Waals surface area contributed by atoms with E-state index in [1.807, 2.05) is 19.1 Å². The second-order valence-electron chi connectivity index (χ2n) is 4.80. The predicted octanol–water partition coefficient (Wildman–Crippen LogP) is 2.62. The van der Waals surface area contributed by atoms with Crippen molar-refractivity contribution in [3.05, 3.63) is 35.6 Å². The molecule has 0 aliphatic carbocycles. The highest BCUT2D eigenvalue weighted by Gasteiger charge is 2.15. The highest BCUT2D eigenvalue weighted by atomic mass is 19.1. The van der Waals surface area contributed by atoms with Crippen LogP contribution in [0.15, 0.2) is 24.3 Å². The SMILES string of the molecule is C[C@@H](NCC1CCCCN1)c1ccccc1F. The zero-order valence-electron chi connectivity index (χ0n) is 10.4. The van der Waals surface area contributed by atoms with Crippen LogP contribution in [0.5, 0.6) is 0 Å². The first-order valence-electron chi connectivity index (χ1n) is 6.48. The molecule has 1 aliphatic rings. The minimum Gasteiger partial charge on any atom is -0.313 e. The summed E-state index contributed by atoms with van der Waals surface area (Å²) in [4.78, 5) is 0. The van der Waals surface area contributed by atoms with Gasteiger partial charge < -0.3 is 10.6 Å². The van der Waals surface area contributed by atoms with Gasteiger partial charge in [-0.05, 0) is 32.4 Å². The van der Waals surface area contributed by atoms with Crippen LogP contribution in [-0.2, 0) is 0 Å². The summed E-state index contributed by atoms with van der Waals surface area (Å²) < 4.78 is 13.5. The van der Waals surface area contributed by atoms with Gasteiger partial charge in [-0.1, -0.05) is 24.6 Å². The predicted molar refractivity (Wildman–Crippen MR) is 68.5 cm³/mol. The first kappa shape index (κ1) is 12.5. The molecule has 0 aromatic heterocycles. The fourth-order valence-corrected chi connectivity index (χ4v) is 2.35. The van der Waals surface area contributed by atoms with E-state index >= 15 is 0 Å². The average molecular weight is 236 g/mol. The second-order valence-corrected chi connectivity index (χ2v) is 4.80. The average Bonchev–Trinajstić information content (AvgIpc) is 2.38. The van der Waals surface area contributed by atoms with E-state index in [4.69, 9.17) is 0 Å². The van der Waals surface area contributed by atoms with Gasteiger partial charge in [-0.25, -0.2) is 4.39 Å². The number of hydrogen-bond acceptors (Lipinski definition) is 2. The maximum Gasteiger partial charge on any atom is 0.127 e. The van der Waals surface area contributed by atoms with Crippen LogP contribution in [0.3, 0.4) is 0 Å². The van der Waals surface area contributed by atoms with Crippen LogP contribution in [0, 0.1) is 5.82 Å². The molecule has 1 heterocycles. The van der Waals surface area contributed by atoms with E-state index in [9.17, 15) is 4.39 Å². The topological polar surface area (TPSA) is 24.1 Å². The van der Waals surface area contributed by atoms with Crippen molar-refractivity contribution in [3.63, 3.8) is 0 Å². The molecule has 0 radical (unpaired) electrons. The molecule has 1 saturated heterocycles. The smallest absolute Gasteiger partial charge is 0.127 e. The summed E-state index contributed by atoms with van der Waals surface area (Å²) in [7, 11) is 0. The zero-order chi connectivity index (χ0) is 12.1. The molecule has 1 unspecified atom stereocenters. The monoisotopic (exact) mass is 236 g/mol. The highest BCUT2D eigenvalue weighted by molar-refractivity contribution is 5.20. The minimum atomic E-state index is -0.121. The van der Waals surface area contributed by atoms with Crippen LogP contribution in [0.4, 0.5) is 4.39 Å². The van der Waals surface area contributed by atoms with Crippen molar-refractivity contribution in [3.8, 4) is 0 Å². The maximum absolute atomic E-state index is 13.5. The summed E-state index contributed by atoms with van der Waals surface area (Å²) in [6.45, 7) is 4.04. The van der Waals surface area contributed by atoms with Crippen LogP contribution in [0.1, 0.15) is 37.8 Å². The number of halogens is 1. The largest absolute Gasteiger partial charge is 0.313 e. The zero-order valence-corrected chi connectivity index (χ0v) is 10.4. The summed E-state index contributed by atoms with van der Waals surface area (Å²) in [5.41, 5.74) is 0.753. The number of benzene rings is 1. The van der Waals surface area contributed by atoms with Crippen molar-refractivity contribution in [1.82, 2.24) is 10.6 Å². The van der Waals surface area contributed by atoms with Crippen LogP contribution in [0.2, 0.25) is 0 Å². The first-order valence-corrected chi connectivity index (χ1v) is 6.48.